The van der Waals surface area contributed by atoms with E-state index in [2.05, 4.69) is 37.2 Å². The maximum atomic E-state index is 5.82. The average molecular weight is 290 g/mol. The zero-order valence-electron chi connectivity index (χ0n) is 13.5. The van der Waals surface area contributed by atoms with Gasteiger partial charge in [-0.05, 0) is 44.6 Å². The minimum atomic E-state index is 0.653. The van der Waals surface area contributed by atoms with Crippen molar-refractivity contribution in [3.05, 3.63) is 47.3 Å². The Morgan fingerprint density at radius 2 is 2.05 bits per heavy atom. The van der Waals surface area contributed by atoms with Crippen LogP contribution in [-0.4, -0.2) is 18.5 Å². The van der Waals surface area contributed by atoms with E-state index in [-0.39, 0.29) is 0 Å². The van der Waals surface area contributed by atoms with E-state index in [4.69, 9.17) is 8.83 Å². The van der Waals surface area contributed by atoms with Crippen molar-refractivity contribution in [1.29, 1.82) is 0 Å². The second-order valence-electron chi connectivity index (χ2n) is 6.07. The minimum Gasteiger partial charge on any atom is -0.468 e. The third kappa shape index (κ3) is 5.06. The van der Waals surface area contributed by atoms with Crippen LogP contribution in [0, 0.1) is 12.8 Å². The molecular weight excluding hydrogens is 264 g/mol. The van der Waals surface area contributed by atoms with Gasteiger partial charge in [0, 0.05) is 12.1 Å². The number of hydrogen-bond acceptors (Lipinski definition) is 4. The molecule has 0 radical (unpaired) electrons. The predicted octanol–water partition coefficient (Wildman–Crippen LogP) is 3.56. The predicted molar refractivity (Wildman–Crippen MR) is 83.9 cm³/mol. The van der Waals surface area contributed by atoms with E-state index in [1.165, 1.54) is 5.56 Å². The summed E-state index contributed by atoms with van der Waals surface area (Å²) in [7, 11) is 2.09. The highest BCUT2D eigenvalue weighted by Gasteiger charge is 2.11. The Morgan fingerprint density at radius 1 is 1.24 bits per heavy atom. The van der Waals surface area contributed by atoms with Gasteiger partial charge in [-0.15, -0.1) is 0 Å². The Labute approximate surface area is 127 Å². The van der Waals surface area contributed by atoms with Crippen molar-refractivity contribution >= 4 is 0 Å². The maximum Gasteiger partial charge on any atom is 0.118 e. The molecule has 2 heterocycles. The Bertz CT molecular complexity index is 529. The van der Waals surface area contributed by atoms with Crippen molar-refractivity contribution in [2.24, 2.45) is 5.92 Å². The molecule has 0 spiro atoms. The first-order chi connectivity index (χ1) is 10.0. The second kappa shape index (κ2) is 7.48. The molecule has 0 aliphatic heterocycles. The Kier molecular flexibility index (Phi) is 5.65. The van der Waals surface area contributed by atoms with Gasteiger partial charge in [0.1, 0.15) is 17.3 Å². The second-order valence-corrected chi connectivity index (χ2v) is 6.07. The minimum absolute atomic E-state index is 0.653. The van der Waals surface area contributed by atoms with Crippen LogP contribution in [0.15, 0.2) is 33.3 Å². The highest BCUT2D eigenvalue weighted by Crippen LogP contribution is 2.17. The van der Waals surface area contributed by atoms with Gasteiger partial charge in [-0.1, -0.05) is 13.8 Å². The molecule has 0 saturated heterocycles. The van der Waals surface area contributed by atoms with E-state index >= 15 is 0 Å². The molecule has 0 saturated carbocycles. The molecule has 1 N–H and O–H groups in total. The molecule has 2 aromatic rings. The topological polar surface area (TPSA) is 41.6 Å². The lowest BCUT2D eigenvalue weighted by molar-refractivity contribution is 0.286. The van der Waals surface area contributed by atoms with Crippen molar-refractivity contribution in [2.75, 3.05) is 13.6 Å². The highest BCUT2D eigenvalue weighted by atomic mass is 16.3. The molecule has 0 atom stereocenters. The van der Waals surface area contributed by atoms with Crippen molar-refractivity contribution in [1.82, 2.24) is 10.2 Å². The fourth-order valence-corrected chi connectivity index (χ4v) is 2.33. The molecule has 4 heteroatoms. The van der Waals surface area contributed by atoms with Gasteiger partial charge in [-0.2, -0.15) is 0 Å². The molecule has 116 valence electrons. The Balaban J connectivity index is 1.86. The number of hydrogen-bond donors (Lipinski definition) is 1. The summed E-state index contributed by atoms with van der Waals surface area (Å²) in [6, 6.07) is 6.08. The smallest absolute Gasteiger partial charge is 0.118 e. The van der Waals surface area contributed by atoms with E-state index in [0.29, 0.717) is 5.92 Å². The molecule has 0 aliphatic rings. The number of aryl methyl sites for hydroxylation is 1. The summed E-state index contributed by atoms with van der Waals surface area (Å²) in [6.45, 7) is 9.90. The normalized spacial score (nSPS) is 11.7. The van der Waals surface area contributed by atoms with Crippen LogP contribution in [0.4, 0.5) is 0 Å². The zero-order valence-corrected chi connectivity index (χ0v) is 13.5. The number of nitrogens with zero attached hydrogens (tertiary/aromatic N) is 1. The molecular formula is C17H26N2O2. The van der Waals surface area contributed by atoms with Crippen molar-refractivity contribution < 1.29 is 8.83 Å². The molecule has 21 heavy (non-hydrogen) atoms. The molecule has 4 nitrogen and oxygen atoms in total. The lowest BCUT2D eigenvalue weighted by atomic mass is 10.2. The standard InChI is InChI=1S/C17H26N2O2/c1-13(2)9-18-10-17-8-15(14(3)21-17)11-19(4)12-16-6-5-7-20-16/h5-8,13,18H,9-12H2,1-4H3. The molecule has 0 unspecified atom stereocenters. The summed E-state index contributed by atoms with van der Waals surface area (Å²) in [5, 5.41) is 3.41. The lowest BCUT2D eigenvalue weighted by Gasteiger charge is -2.14. The van der Waals surface area contributed by atoms with Crippen LogP contribution in [0.3, 0.4) is 0 Å². The molecule has 0 aliphatic carbocycles. The van der Waals surface area contributed by atoms with Crippen LogP contribution >= 0.6 is 0 Å². The summed E-state index contributed by atoms with van der Waals surface area (Å²) >= 11 is 0. The number of furan rings is 2. The number of nitrogens with one attached hydrogen (secondary N) is 1. The van der Waals surface area contributed by atoms with Gasteiger partial charge < -0.3 is 14.2 Å². The molecule has 2 aromatic heterocycles. The largest absolute Gasteiger partial charge is 0.468 e. The quantitative estimate of drug-likeness (QED) is 0.807. The van der Waals surface area contributed by atoms with Gasteiger partial charge in [-0.3, -0.25) is 4.90 Å². The summed E-state index contributed by atoms with van der Waals surface area (Å²) in [5.74, 6) is 3.65. The highest BCUT2D eigenvalue weighted by molar-refractivity contribution is 5.20. The Hall–Kier alpha value is -1.52. The number of rotatable bonds is 8. The van der Waals surface area contributed by atoms with E-state index in [9.17, 15) is 0 Å². The molecule has 0 bridgehead atoms. The summed E-state index contributed by atoms with van der Waals surface area (Å²) in [5.41, 5.74) is 1.24. The van der Waals surface area contributed by atoms with Gasteiger partial charge in [0.15, 0.2) is 0 Å². The summed E-state index contributed by atoms with van der Waals surface area (Å²) in [6.07, 6.45) is 1.71. The summed E-state index contributed by atoms with van der Waals surface area (Å²) in [4.78, 5) is 2.22. The molecule has 0 aromatic carbocycles. The maximum absolute atomic E-state index is 5.82. The van der Waals surface area contributed by atoms with Crippen LogP contribution in [0.2, 0.25) is 0 Å². The third-order valence-electron chi connectivity index (χ3n) is 3.37. The molecule has 2 rings (SSSR count). The first kappa shape index (κ1) is 15.9. The van der Waals surface area contributed by atoms with Gasteiger partial charge in [0.2, 0.25) is 0 Å². The van der Waals surface area contributed by atoms with Gasteiger partial charge in [-0.25, -0.2) is 0 Å². The van der Waals surface area contributed by atoms with Crippen molar-refractivity contribution in [2.45, 2.75) is 40.4 Å². The fourth-order valence-electron chi connectivity index (χ4n) is 2.33. The molecule has 0 amide bonds. The van der Waals surface area contributed by atoms with Gasteiger partial charge >= 0.3 is 0 Å². The van der Waals surface area contributed by atoms with E-state index in [0.717, 1.165) is 43.5 Å². The van der Waals surface area contributed by atoms with E-state index in [1.54, 1.807) is 6.26 Å². The SMILES string of the molecule is Cc1oc(CNCC(C)C)cc1CN(C)Cc1ccco1. The summed E-state index contributed by atoms with van der Waals surface area (Å²) < 4.78 is 11.2. The first-order valence-corrected chi connectivity index (χ1v) is 7.54. The third-order valence-corrected chi connectivity index (χ3v) is 3.37. The molecule has 0 fully saturated rings. The zero-order chi connectivity index (χ0) is 15.2. The average Bonchev–Trinajstić information content (AvgIpc) is 3.00. The van der Waals surface area contributed by atoms with Crippen LogP contribution < -0.4 is 5.32 Å². The van der Waals surface area contributed by atoms with Crippen LogP contribution in [0.25, 0.3) is 0 Å². The van der Waals surface area contributed by atoms with Crippen LogP contribution in [0.1, 0.15) is 36.7 Å². The van der Waals surface area contributed by atoms with Crippen molar-refractivity contribution in [3.8, 4) is 0 Å². The van der Waals surface area contributed by atoms with E-state index in [1.807, 2.05) is 19.1 Å². The van der Waals surface area contributed by atoms with Crippen molar-refractivity contribution in [3.63, 3.8) is 0 Å². The van der Waals surface area contributed by atoms with Crippen LogP contribution in [-0.2, 0) is 19.6 Å². The van der Waals surface area contributed by atoms with Crippen LogP contribution in [0.5, 0.6) is 0 Å². The van der Waals surface area contributed by atoms with E-state index < -0.39 is 0 Å². The van der Waals surface area contributed by atoms with Gasteiger partial charge in [0.05, 0.1) is 19.4 Å². The first-order valence-electron chi connectivity index (χ1n) is 7.54. The fraction of sp³-hybridized carbons (Fsp3) is 0.529. The monoisotopic (exact) mass is 290 g/mol. The lowest BCUT2D eigenvalue weighted by Crippen LogP contribution is -2.18. The van der Waals surface area contributed by atoms with Gasteiger partial charge in [0.25, 0.3) is 0 Å². The Morgan fingerprint density at radius 3 is 2.71 bits per heavy atom.